The molecule has 110 valence electrons. The number of carbonyl (C=O) groups is 1. The Labute approximate surface area is 133 Å². The second-order valence-corrected chi connectivity index (χ2v) is 5.39. The van der Waals surface area contributed by atoms with Gasteiger partial charge in [-0.3, -0.25) is 4.79 Å². The lowest BCUT2D eigenvalue weighted by Gasteiger charge is -2.15. The molecule has 0 aliphatic heterocycles. The van der Waals surface area contributed by atoms with Crippen LogP contribution in [0.5, 0.6) is 5.75 Å². The van der Waals surface area contributed by atoms with Gasteiger partial charge in [0.15, 0.2) is 6.10 Å². The molecule has 1 N–H and O–H groups in total. The van der Waals surface area contributed by atoms with Crippen LogP contribution in [0.15, 0.2) is 36.5 Å². The molecular weight excluding hydrogens is 311 g/mol. The van der Waals surface area contributed by atoms with Gasteiger partial charge in [0.1, 0.15) is 11.6 Å². The highest BCUT2D eigenvalue weighted by molar-refractivity contribution is 6.32. The van der Waals surface area contributed by atoms with Crippen molar-refractivity contribution in [1.29, 1.82) is 0 Å². The van der Waals surface area contributed by atoms with Crippen molar-refractivity contribution in [2.75, 3.05) is 5.32 Å². The van der Waals surface area contributed by atoms with Crippen LogP contribution in [0.2, 0.25) is 10.0 Å². The topological polar surface area (TPSA) is 51.2 Å². The molecule has 2 rings (SSSR count). The first-order valence-electron chi connectivity index (χ1n) is 6.31. The highest BCUT2D eigenvalue weighted by Crippen LogP contribution is 2.26. The number of aryl methyl sites for hydroxylation is 1. The first kappa shape index (κ1) is 15.6. The average molecular weight is 325 g/mol. The lowest BCUT2D eigenvalue weighted by Crippen LogP contribution is -2.30. The molecular formula is C15H14Cl2N2O2. The van der Waals surface area contributed by atoms with Gasteiger partial charge in [-0.15, -0.1) is 0 Å². The fraction of sp³-hybridized carbons (Fsp3) is 0.200. The van der Waals surface area contributed by atoms with Crippen molar-refractivity contribution in [3.8, 4) is 5.75 Å². The molecule has 6 heteroatoms. The van der Waals surface area contributed by atoms with Gasteiger partial charge in [0.2, 0.25) is 0 Å². The third-order valence-electron chi connectivity index (χ3n) is 2.74. The van der Waals surface area contributed by atoms with E-state index in [4.69, 9.17) is 27.9 Å². The minimum atomic E-state index is -0.707. The zero-order valence-corrected chi connectivity index (χ0v) is 13.1. The number of anilines is 1. The Bertz CT molecular complexity index is 645. The van der Waals surface area contributed by atoms with Crippen LogP contribution in [-0.4, -0.2) is 17.0 Å². The van der Waals surface area contributed by atoms with Crippen LogP contribution >= 0.6 is 23.2 Å². The number of nitrogens with zero attached hydrogens (tertiary/aromatic N) is 1. The molecule has 1 heterocycles. The maximum atomic E-state index is 12.0. The number of carbonyl (C=O) groups excluding carboxylic acids is 1. The van der Waals surface area contributed by atoms with Gasteiger partial charge in [-0.2, -0.15) is 0 Å². The van der Waals surface area contributed by atoms with Gasteiger partial charge in [0.25, 0.3) is 5.91 Å². The number of amides is 1. The van der Waals surface area contributed by atoms with E-state index in [1.807, 2.05) is 13.0 Å². The van der Waals surface area contributed by atoms with Crippen molar-refractivity contribution in [3.05, 3.63) is 52.1 Å². The van der Waals surface area contributed by atoms with Crippen molar-refractivity contribution < 1.29 is 9.53 Å². The molecule has 0 radical (unpaired) electrons. The van der Waals surface area contributed by atoms with E-state index in [1.54, 1.807) is 31.2 Å². The Balaban J connectivity index is 2.02. The van der Waals surface area contributed by atoms with Gasteiger partial charge in [-0.05, 0) is 43.7 Å². The molecule has 0 fully saturated rings. The summed E-state index contributed by atoms with van der Waals surface area (Å²) in [4.78, 5) is 16.0. The summed E-state index contributed by atoms with van der Waals surface area (Å²) in [7, 11) is 0. The lowest BCUT2D eigenvalue weighted by atomic mass is 10.2. The third-order valence-corrected chi connectivity index (χ3v) is 3.27. The monoisotopic (exact) mass is 324 g/mol. The molecule has 21 heavy (non-hydrogen) atoms. The van der Waals surface area contributed by atoms with Crippen LogP contribution in [0.3, 0.4) is 0 Å². The average Bonchev–Trinajstić information content (AvgIpc) is 2.45. The van der Waals surface area contributed by atoms with Gasteiger partial charge in [-0.25, -0.2) is 4.98 Å². The van der Waals surface area contributed by atoms with Crippen LogP contribution in [0, 0.1) is 6.92 Å². The van der Waals surface area contributed by atoms with Crippen LogP contribution in [0.1, 0.15) is 12.5 Å². The Morgan fingerprint density at radius 3 is 2.71 bits per heavy atom. The molecule has 0 aliphatic rings. The van der Waals surface area contributed by atoms with Crippen molar-refractivity contribution in [3.63, 3.8) is 0 Å². The summed E-state index contributed by atoms with van der Waals surface area (Å²) in [5.41, 5.74) is 1.00. The number of ether oxygens (including phenoxy) is 1. The lowest BCUT2D eigenvalue weighted by molar-refractivity contribution is -0.122. The summed E-state index contributed by atoms with van der Waals surface area (Å²) in [6, 6.07) is 8.65. The van der Waals surface area contributed by atoms with Crippen molar-refractivity contribution in [1.82, 2.24) is 4.98 Å². The molecule has 0 saturated heterocycles. The van der Waals surface area contributed by atoms with Gasteiger partial charge in [0, 0.05) is 6.20 Å². The van der Waals surface area contributed by atoms with Crippen molar-refractivity contribution >= 4 is 34.9 Å². The summed E-state index contributed by atoms with van der Waals surface area (Å²) < 4.78 is 5.59. The molecule has 1 unspecified atom stereocenters. The molecule has 0 bridgehead atoms. The van der Waals surface area contributed by atoms with Gasteiger partial charge in [0.05, 0.1) is 10.0 Å². The SMILES string of the molecule is Cc1ccc(Cl)c(OC(C)C(=O)Nc2ccc(Cl)cn2)c1. The second-order valence-electron chi connectivity index (χ2n) is 4.54. The summed E-state index contributed by atoms with van der Waals surface area (Å²) in [6.07, 6.45) is 0.752. The maximum absolute atomic E-state index is 12.0. The highest BCUT2D eigenvalue weighted by Gasteiger charge is 2.16. The zero-order chi connectivity index (χ0) is 15.4. The van der Waals surface area contributed by atoms with E-state index in [1.165, 1.54) is 6.20 Å². The summed E-state index contributed by atoms with van der Waals surface area (Å²) in [5.74, 6) is 0.570. The van der Waals surface area contributed by atoms with E-state index in [-0.39, 0.29) is 5.91 Å². The van der Waals surface area contributed by atoms with Crippen LogP contribution in [-0.2, 0) is 4.79 Å². The summed E-state index contributed by atoms with van der Waals surface area (Å²) >= 11 is 11.8. The molecule has 0 aliphatic carbocycles. The smallest absolute Gasteiger partial charge is 0.266 e. The number of benzene rings is 1. The standard InChI is InChI=1S/C15H14Cl2N2O2/c1-9-3-5-12(17)13(7-9)21-10(2)15(20)19-14-6-4-11(16)8-18-14/h3-8,10H,1-2H3,(H,18,19,20). The maximum Gasteiger partial charge on any atom is 0.266 e. The minimum absolute atomic E-state index is 0.317. The molecule has 1 aromatic heterocycles. The predicted octanol–water partition coefficient (Wildman–Crippen LogP) is 4.10. The normalized spacial score (nSPS) is 11.8. The van der Waals surface area contributed by atoms with Gasteiger partial charge >= 0.3 is 0 Å². The van der Waals surface area contributed by atoms with Crippen LogP contribution < -0.4 is 10.1 Å². The van der Waals surface area contributed by atoms with Gasteiger partial charge in [-0.1, -0.05) is 29.3 Å². The Kier molecular flexibility index (Phi) is 5.04. The molecule has 0 saturated carbocycles. The first-order chi connectivity index (χ1) is 9.95. The Hall–Kier alpha value is -1.78. The summed E-state index contributed by atoms with van der Waals surface area (Å²) in [6.45, 7) is 3.56. The predicted molar refractivity (Wildman–Crippen MR) is 84.2 cm³/mol. The Morgan fingerprint density at radius 1 is 1.29 bits per heavy atom. The quantitative estimate of drug-likeness (QED) is 0.921. The molecule has 1 aromatic carbocycles. The van der Waals surface area contributed by atoms with E-state index in [9.17, 15) is 4.79 Å². The van der Waals surface area contributed by atoms with E-state index in [0.717, 1.165) is 5.56 Å². The Morgan fingerprint density at radius 2 is 2.05 bits per heavy atom. The fourth-order valence-corrected chi connectivity index (χ4v) is 1.90. The third kappa shape index (κ3) is 4.34. The van der Waals surface area contributed by atoms with E-state index >= 15 is 0 Å². The number of rotatable bonds is 4. The number of halogens is 2. The fourth-order valence-electron chi connectivity index (χ4n) is 1.62. The highest BCUT2D eigenvalue weighted by atomic mass is 35.5. The van der Waals surface area contributed by atoms with Crippen LogP contribution in [0.25, 0.3) is 0 Å². The first-order valence-corrected chi connectivity index (χ1v) is 7.06. The van der Waals surface area contributed by atoms with E-state index < -0.39 is 6.10 Å². The molecule has 1 atom stereocenters. The summed E-state index contributed by atoms with van der Waals surface area (Å²) in [5, 5.41) is 3.61. The number of hydrogen-bond donors (Lipinski definition) is 1. The van der Waals surface area contributed by atoms with Gasteiger partial charge < -0.3 is 10.1 Å². The molecule has 2 aromatic rings. The molecule has 4 nitrogen and oxygen atoms in total. The van der Waals surface area contributed by atoms with Crippen molar-refractivity contribution in [2.45, 2.75) is 20.0 Å². The van der Waals surface area contributed by atoms with Crippen LogP contribution in [0.4, 0.5) is 5.82 Å². The van der Waals surface area contributed by atoms with E-state index in [0.29, 0.717) is 21.6 Å². The largest absolute Gasteiger partial charge is 0.479 e. The number of hydrogen-bond acceptors (Lipinski definition) is 3. The number of pyridine rings is 1. The second kappa shape index (κ2) is 6.78. The minimum Gasteiger partial charge on any atom is -0.479 e. The molecule has 0 spiro atoms. The van der Waals surface area contributed by atoms with E-state index in [2.05, 4.69) is 10.3 Å². The molecule has 1 amide bonds. The number of aromatic nitrogens is 1. The zero-order valence-electron chi connectivity index (χ0n) is 11.6. The van der Waals surface area contributed by atoms with Crippen molar-refractivity contribution in [2.24, 2.45) is 0 Å². The number of nitrogens with one attached hydrogen (secondary N) is 1.